The highest BCUT2D eigenvalue weighted by molar-refractivity contribution is 7.84. The van der Waals surface area contributed by atoms with Crippen molar-refractivity contribution in [2.45, 2.75) is 24.6 Å². The molecule has 1 atom stereocenters. The molecule has 34 heavy (non-hydrogen) atoms. The van der Waals surface area contributed by atoms with E-state index in [1.165, 1.54) is 24.6 Å². The molecule has 1 aliphatic rings. The lowest BCUT2D eigenvalue weighted by molar-refractivity contribution is 0.0950. The number of nitrogens with one attached hydrogen (secondary N) is 1. The molecule has 0 aliphatic carbocycles. The van der Waals surface area contributed by atoms with Gasteiger partial charge >= 0.3 is 0 Å². The van der Waals surface area contributed by atoms with E-state index in [0.29, 0.717) is 49.0 Å². The number of pyridine rings is 1. The molecule has 1 aliphatic heterocycles. The van der Waals surface area contributed by atoms with Gasteiger partial charge in [-0.05, 0) is 34.9 Å². The van der Waals surface area contributed by atoms with Gasteiger partial charge < -0.3 is 19.7 Å². The van der Waals surface area contributed by atoms with E-state index in [9.17, 15) is 13.4 Å². The summed E-state index contributed by atoms with van der Waals surface area (Å²) in [6.07, 6.45) is 2.94. The van der Waals surface area contributed by atoms with Crippen LogP contribution in [0, 0.1) is 5.82 Å². The summed E-state index contributed by atoms with van der Waals surface area (Å²) in [5.41, 5.74) is 3.19. The minimum atomic E-state index is -1.41. The topological polar surface area (TPSA) is 80.8 Å². The molecule has 1 N–H and O–H groups in total. The van der Waals surface area contributed by atoms with Gasteiger partial charge in [0.25, 0.3) is 5.91 Å². The third-order valence-corrected chi connectivity index (χ3v) is 6.50. The van der Waals surface area contributed by atoms with Crippen LogP contribution in [0.3, 0.4) is 0 Å². The van der Waals surface area contributed by atoms with Crippen LogP contribution in [0.15, 0.2) is 59.6 Å². The summed E-state index contributed by atoms with van der Waals surface area (Å²) < 4.78 is 36.6. The molecule has 9 heteroatoms. The summed E-state index contributed by atoms with van der Waals surface area (Å²) in [6, 6.07) is 14.2. The Morgan fingerprint density at radius 2 is 2.03 bits per heavy atom. The number of anilines is 1. The molecule has 2 heterocycles. The number of ether oxygens (including phenoxy) is 2. The van der Waals surface area contributed by atoms with E-state index in [2.05, 4.69) is 21.3 Å². The summed E-state index contributed by atoms with van der Waals surface area (Å²) in [7, 11) is 0.268. The first-order valence-corrected chi connectivity index (χ1v) is 12.4. The normalized spacial score (nSPS) is 13.7. The number of fused-ring (bicyclic) bond motifs is 1. The fourth-order valence-corrected chi connectivity index (χ4v) is 4.41. The van der Waals surface area contributed by atoms with Crippen molar-refractivity contribution in [3.8, 4) is 5.75 Å². The van der Waals surface area contributed by atoms with Crippen LogP contribution in [-0.4, -0.2) is 41.6 Å². The van der Waals surface area contributed by atoms with Crippen LogP contribution in [0.4, 0.5) is 10.2 Å². The number of hydrogen-bond acceptors (Lipinski definition) is 6. The van der Waals surface area contributed by atoms with Crippen LogP contribution in [-0.2, 0) is 35.2 Å². The fourth-order valence-electron chi connectivity index (χ4n) is 3.82. The number of methoxy groups -OCH3 is 1. The Morgan fingerprint density at radius 3 is 2.76 bits per heavy atom. The summed E-state index contributed by atoms with van der Waals surface area (Å²) >= 11 is 0. The summed E-state index contributed by atoms with van der Waals surface area (Å²) in [4.78, 5) is 19.4. The summed E-state index contributed by atoms with van der Waals surface area (Å²) in [6.45, 7) is 2.47. The number of benzene rings is 2. The third kappa shape index (κ3) is 5.43. The van der Waals surface area contributed by atoms with Crippen molar-refractivity contribution in [2.75, 3.05) is 31.4 Å². The van der Waals surface area contributed by atoms with Gasteiger partial charge in [0.15, 0.2) is 11.6 Å². The highest BCUT2D eigenvalue weighted by atomic mass is 32.2. The molecule has 7 nitrogen and oxygen atoms in total. The van der Waals surface area contributed by atoms with Crippen LogP contribution < -0.4 is 15.0 Å². The van der Waals surface area contributed by atoms with E-state index in [0.717, 1.165) is 11.1 Å². The molecule has 178 valence electrons. The Labute approximate surface area is 200 Å². The van der Waals surface area contributed by atoms with E-state index < -0.39 is 16.6 Å². The average Bonchev–Trinajstić information content (AvgIpc) is 2.83. The number of aromatic nitrogens is 1. The Hall–Kier alpha value is -3.30. The second-order valence-electron chi connectivity index (χ2n) is 7.92. The number of amides is 1. The van der Waals surface area contributed by atoms with Crippen molar-refractivity contribution in [1.82, 2.24) is 10.3 Å². The lowest BCUT2D eigenvalue weighted by atomic mass is 10.1. The number of carbonyl (C=O) groups excluding carboxylic acids is 1. The largest absolute Gasteiger partial charge is 0.488 e. The fraction of sp³-hybridized carbons (Fsp3) is 0.280. The van der Waals surface area contributed by atoms with Crippen LogP contribution in [0.25, 0.3) is 0 Å². The Morgan fingerprint density at radius 1 is 1.24 bits per heavy atom. The monoisotopic (exact) mass is 483 g/mol. The van der Waals surface area contributed by atoms with Crippen molar-refractivity contribution in [1.29, 1.82) is 0 Å². The molecule has 1 unspecified atom stereocenters. The SMILES string of the molecule is COCc1ccccc1CN1CCOc2cc(C(=O)NCc3ccc(S(C)=O)c(F)c3)cnc21. The van der Waals surface area contributed by atoms with E-state index >= 15 is 0 Å². The van der Waals surface area contributed by atoms with Gasteiger partial charge in [-0.3, -0.25) is 9.00 Å². The summed E-state index contributed by atoms with van der Waals surface area (Å²) in [5.74, 6) is 0.331. The zero-order valence-corrected chi connectivity index (χ0v) is 19.9. The third-order valence-electron chi connectivity index (χ3n) is 5.55. The van der Waals surface area contributed by atoms with Gasteiger partial charge in [0.1, 0.15) is 12.4 Å². The predicted octanol–water partition coefficient (Wildman–Crippen LogP) is 3.43. The molecule has 0 fully saturated rings. The van der Waals surface area contributed by atoms with E-state index in [4.69, 9.17) is 9.47 Å². The van der Waals surface area contributed by atoms with Crippen LogP contribution in [0.5, 0.6) is 5.75 Å². The number of carbonyl (C=O) groups is 1. The lowest BCUT2D eigenvalue weighted by Gasteiger charge is -2.30. The Kier molecular flexibility index (Phi) is 7.54. The van der Waals surface area contributed by atoms with Gasteiger partial charge in [0, 0.05) is 32.7 Å². The van der Waals surface area contributed by atoms with Crippen molar-refractivity contribution in [3.63, 3.8) is 0 Å². The van der Waals surface area contributed by atoms with Crippen LogP contribution >= 0.6 is 0 Å². The maximum Gasteiger partial charge on any atom is 0.253 e. The van der Waals surface area contributed by atoms with Crippen molar-refractivity contribution >= 4 is 22.5 Å². The van der Waals surface area contributed by atoms with Crippen molar-refractivity contribution < 1.29 is 22.9 Å². The lowest BCUT2D eigenvalue weighted by Crippen LogP contribution is -2.33. The van der Waals surface area contributed by atoms with Crippen LogP contribution in [0.1, 0.15) is 27.0 Å². The molecule has 1 aromatic heterocycles. The molecule has 2 aromatic carbocycles. The highest BCUT2D eigenvalue weighted by Gasteiger charge is 2.22. The number of hydrogen-bond donors (Lipinski definition) is 1. The average molecular weight is 484 g/mol. The summed E-state index contributed by atoms with van der Waals surface area (Å²) in [5, 5.41) is 2.77. The zero-order valence-electron chi connectivity index (χ0n) is 19.0. The first-order chi connectivity index (χ1) is 16.5. The van der Waals surface area contributed by atoms with Crippen molar-refractivity contribution in [3.05, 3.63) is 82.8 Å². The maximum atomic E-state index is 14.1. The van der Waals surface area contributed by atoms with Gasteiger partial charge in [-0.2, -0.15) is 0 Å². The Balaban J connectivity index is 1.45. The van der Waals surface area contributed by atoms with E-state index in [1.807, 2.05) is 18.2 Å². The molecular formula is C25H26FN3O4S. The quantitative estimate of drug-likeness (QED) is 0.529. The molecule has 0 saturated carbocycles. The van der Waals surface area contributed by atoms with Crippen molar-refractivity contribution in [2.24, 2.45) is 0 Å². The number of rotatable bonds is 8. The molecule has 1 amide bonds. The first-order valence-electron chi connectivity index (χ1n) is 10.8. The molecule has 3 aromatic rings. The smallest absolute Gasteiger partial charge is 0.253 e. The van der Waals surface area contributed by atoms with E-state index in [-0.39, 0.29) is 17.3 Å². The van der Waals surface area contributed by atoms with Gasteiger partial charge in [-0.25, -0.2) is 9.37 Å². The van der Waals surface area contributed by atoms with Gasteiger partial charge in [-0.1, -0.05) is 30.3 Å². The van der Waals surface area contributed by atoms with Crippen LogP contribution in [0.2, 0.25) is 0 Å². The van der Waals surface area contributed by atoms with E-state index in [1.54, 1.807) is 19.2 Å². The standard InChI is InChI=1S/C25H26FN3O4S/c1-32-16-19-6-4-3-5-18(19)15-29-9-10-33-22-12-20(14-27-24(22)29)25(30)28-13-17-7-8-23(34(2)31)21(26)11-17/h3-8,11-12,14H,9-10,13,15-16H2,1-2H3,(H,28,30). The molecule has 0 spiro atoms. The molecule has 0 radical (unpaired) electrons. The second-order valence-corrected chi connectivity index (χ2v) is 9.27. The van der Waals surface area contributed by atoms with Gasteiger partial charge in [0.05, 0.1) is 34.4 Å². The predicted molar refractivity (Wildman–Crippen MR) is 128 cm³/mol. The number of halogens is 1. The second kappa shape index (κ2) is 10.8. The maximum absolute atomic E-state index is 14.1. The molecule has 0 saturated heterocycles. The minimum absolute atomic E-state index is 0.132. The zero-order chi connectivity index (χ0) is 24.1. The minimum Gasteiger partial charge on any atom is -0.488 e. The molecule has 0 bridgehead atoms. The Bertz CT molecular complexity index is 1220. The molecule has 4 rings (SSSR count). The number of nitrogens with zero attached hydrogens (tertiary/aromatic N) is 2. The molecular weight excluding hydrogens is 457 g/mol. The van der Waals surface area contributed by atoms with Gasteiger partial charge in [-0.15, -0.1) is 0 Å². The van der Waals surface area contributed by atoms with Gasteiger partial charge in [0.2, 0.25) is 0 Å². The highest BCUT2D eigenvalue weighted by Crippen LogP contribution is 2.31. The first kappa shape index (κ1) is 23.8.